The molecule has 0 heterocycles. The SMILES string of the molecule is COc1ccc(NC(=S)NNC(=O)C(c2ccccc2)c2ccccc2)cc1. The van der Waals surface area contributed by atoms with E-state index in [0.29, 0.717) is 5.11 Å². The normalized spacial score (nSPS) is 10.2. The van der Waals surface area contributed by atoms with Crippen LogP contribution in [0.2, 0.25) is 0 Å². The van der Waals surface area contributed by atoms with E-state index in [9.17, 15) is 4.79 Å². The number of benzene rings is 3. The van der Waals surface area contributed by atoms with E-state index in [2.05, 4.69) is 16.2 Å². The van der Waals surface area contributed by atoms with Gasteiger partial charge in [0.05, 0.1) is 13.0 Å². The van der Waals surface area contributed by atoms with Crippen LogP contribution in [0.15, 0.2) is 84.9 Å². The number of hydrogen-bond acceptors (Lipinski definition) is 3. The summed E-state index contributed by atoms with van der Waals surface area (Å²) in [6.45, 7) is 0. The largest absolute Gasteiger partial charge is 0.497 e. The van der Waals surface area contributed by atoms with Crippen molar-refractivity contribution >= 4 is 28.9 Å². The van der Waals surface area contributed by atoms with E-state index in [-0.39, 0.29) is 5.91 Å². The molecule has 0 aliphatic carbocycles. The molecule has 0 atom stereocenters. The topological polar surface area (TPSA) is 62.4 Å². The second-order valence-corrected chi connectivity index (χ2v) is 6.46. The molecule has 3 aromatic rings. The van der Waals surface area contributed by atoms with Crippen LogP contribution < -0.4 is 20.9 Å². The first-order chi connectivity index (χ1) is 13.7. The van der Waals surface area contributed by atoms with E-state index in [1.807, 2.05) is 84.9 Å². The predicted molar refractivity (Wildman–Crippen MR) is 115 cm³/mol. The Bertz CT molecular complexity index is 876. The molecule has 0 spiro atoms. The van der Waals surface area contributed by atoms with Crippen molar-refractivity contribution in [1.29, 1.82) is 0 Å². The van der Waals surface area contributed by atoms with Crippen LogP contribution in [0.3, 0.4) is 0 Å². The maximum atomic E-state index is 12.9. The molecule has 0 aliphatic heterocycles. The van der Waals surface area contributed by atoms with Gasteiger partial charge in [-0.25, -0.2) is 0 Å². The van der Waals surface area contributed by atoms with Gasteiger partial charge in [0.25, 0.3) is 0 Å². The number of hydrogen-bond donors (Lipinski definition) is 3. The maximum absolute atomic E-state index is 12.9. The second kappa shape index (κ2) is 9.53. The smallest absolute Gasteiger partial charge is 0.250 e. The molecule has 0 radical (unpaired) electrons. The number of rotatable bonds is 5. The zero-order valence-corrected chi connectivity index (χ0v) is 16.2. The average Bonchev–Trinajstić information content (AvgIpc) is 2.74. The van der Waals surface area contributed by atoms with E-state index < -0.39 is 5.92 Å². The van der Waals surface area contributed by atoms with Gasteiger partial charge in [-0.15, -0.1) is 0 Å². The van der Waals surface area contributed by atoms with Gasteiger partial charge >= 0.3 is 0 Å². The van der Waals surface area contributed by atoms with Crippen molar-refractivity contribution in [3.05, 3.63) is 96.1 Å². The van der Waals surface area contributed by atoms with E-state index >= 15 is 0 Å². The Morgan fingerprint density at radius 3 is 1.86 bits per heavy atom. The number of ether oxygens (including phenoxy) is 1. The standard InChI is InChI=1S/C22H21N3O2S/c1-27-19-14-12-18(13-15-19)23-22(28)25-24-21(26)20(16-8-4-2-5-9-16)17-10-6-3-7-11-17/h2-15,20H,1H3,(H,24,26)(H2,23,25,28). The summed E-state index contributed by atoms with van der Waals surface area (Å²) < 4.78 is 5.13. The summed E-state index contributed by atoms with van der Waals surface area (Å²) in [6.07, 6.45) is 0. The first-order valence-electron chi connectivity index (χ1n) is 8.78. The van der Waals surface area contributed by atoms with Crippen LogP contribution in [0.5, 0.6) is 5.75 Å². The van der Waals surface area contributed by atoms with Crippen LogP contribution in [0.25, 0.3) is 0 Å². The first kappa shape index (κ1) is 19.4. The Kier molecular flexibility index (Phi) is 6.59. The van der Waals surface area contributed by atoms with E-state index in [0.717, 1.165) is 22.6 Å². The van der Waals surface area contributed by atoms with Crippen molar-refractivity contribution in [3.63, 3.8) is 0 Å². The van der Waals surface area contributed by atoms with Crippen molar-refractivity contribution in [3.8, 4) is 5.75 Å². The number of anilines is 1. The van der Waals surface area contributed by atoms with Gasteiger partial charge in [-0.3, -0.25) is 15.6 Å². The van der Waals surface area contributed by atoms with Crippen molar-refractivity contribution in [1.82, 2.24) is 10.9 Å². The van der Waals surface area contributed by atoms with Crippen molar-refractivity contribution < 1.29 is 9.53 Å². The molecule has 0 aromatic heterocycles. The van der Waals surface area contributed by atoms with Crippen molar-refractivity contribution in [2.45, 2.75) is 5.92 Å². The Morgan fingerprint density at radius 1 is 0.821 bits per heavy atom. The molecule has 142 valence electrons. The predicted octanol–water partition coefficient (Wildman–Crippen LogP) is 3.84. The number of carbonyl (C=O) groups excluding carboxylic acids is 1. The van der Waals surface area contributed by atoms with E-state index in [4.69, 9.17) is 17.0 Å². The molecule has 0 aliphatic rings. The molecular formula is C22H21N3O2S. The fourth-order valence-corrected chi connectivity index (χ4v) is 2.98. The summed E-state index contributed by atoms with van der Waals surface area (Å²) in [5.74, 6) is 0.112. The highest BCUT2D eigenvalue weighted by Crippen LogP contribution is 2.24. The van der Waals surface area contributed by atoms with Crippen LogP contribution in [0, 0.1) is 0 Å². The van der Waals surface area contributed by atoms with E-state index in [1.165, 1.54) is 0 Å². The molecular weight excluding hydrogens is 370 g/mol. The van der Waals surface area contributed by atoms with Crippen LogP contribution >= 0.6 is 12.2 Å². The van der Waals surface area contributed by atoms with Gasteiger partial charge in [0.15, 0.2) is 5.11 Å². The van der Waals surface area contributed by atoms with Gasteiger partial charge in [-0.2, -0.15) is 0 Å². The first-order valence-corrected chi connectivity index (χ1v) is 9.19. The number of nitrogens with one attached hydrogen (secondary N) is 3. The monoisotopic (exact) mass is 391 g/mol. The molecule has 1 amide bonds. The number of hydrazine groups is 1. The van der Waals surface area contributed by atoms with Crippen LogP contribution in [0.1, 0.15) is 17.0 Å². The maximum Gasteiger partial charge on any atom is 0.250 e. The van der Waals surface area contributed by atoms with Gasteiger partial charge in [-0.1, -0.05) is 60.7 Å². The van der Waals surface area contributed by atoms with Crippen LogP contribution in [0.4, 0.5) is 5.69 Å². The lowest BCUT2D eigenvalue weighted by Gasteiger charge is -2.19. The van der Waals surface area contributed by atoms with Gasteiger partial charge in [-0.05, 0) is 47.6 Å². The summed E-state index contributed by atoms with van der Waals surface area (Å²) in [7, 11) is 1.61. The highest BCUT2D eigenvalue weighted by atomic mass is 32.1. The molecule has 3 aromatic carbocycles. The van der Waals surface area contributed by atoms with Gasteiger partial charge < -0.3 is 10.1 Å². The Hall–Kier alpha value is -3.38. The van der Waals surface area contributed by atoms with Gasteiger partial charge in [0, 0.05) is 5.69 Å². The van der Waals surface area contributed by atoms with Crippen molar-refractivity contribution in [2.24, 2.45) is 0 Å². The lowest BCUT2D eigenvalue weighted by molar-refractivity contribution is -0.122. The average molecular weight is 391 g/mol. The summed E-state index contributed by atoms with van der Waals surface area (Å²) in [5.41, 5.74) is 8.07. The Labute approximate surface area is 169 Å². The highest BCUT2D eigenvalue weighted by molar-refractivity contribution is 7.80. The summed E-state index contributed by atoms with van der Waals surface area (Å²) in [5, 5.41) is 3.31. The third kappa shape index (κ3) is 5.08. The molecule has 3 rings (SSSR count). The third-order valence-corrected chi connectivity index (χ3v) is 4.38. The summed E-state index contributed by atoms with van der Waals surface area (Å²) in [6, 6.07) is 26.6. The Balaban J connectivity index is 1.65. The van der Waals surface area contributed by atoms with E-state index in [1.54, 1.807) is 7.11 Å². The highest BCUT2D eigenvalue weighted by Gasteiger charge is 2.22. The third-order valence-electron chi connectivity index (χ3n) is 4.18. The minimum atomic E-state index is -0.446. The van der Waals surface area contributed by atoms with Gasteiger partial charge in [0.1, 0.15) is 5.75 Å². The number of carbonyl (C=O) groups is 1. The molecule has 5 nitrogen and oxygen atoms in total. The number of thiocarbonyl (C=S) groups is 1. The zero-order valence-electron chi connectivity index (χ0n) is 15.4. The number of methoxy groups -OCH3 is 1. The minimum absolute atomic E-state index is 0.198. The quantitative estimate of drug-likeness (QED) is 0.456. The van der Waals surface area contributed by atoms with Crippen LogP contribution in [-0.4, -0.2) is 18.1 Å². The molecule has 0 saturated heterocycles. The molecule has 0 unspecified atom stereocenters. The summed E-state index contributed by atoms with van der Waals surface area (Å²) in [4.78, 5) is 12.9. The Morgan fingerprint density at radius 2 is 1.36 bits per heavy atom. The number of amides is 1. The van der Waals surface area contributed by atoms with Crippen LogP contribution in [-0.2, 0) is 4.79 Å². The lowest BCUT2D eigenvalue weighted by atomic mass is 9.91. The minimum Gasteiger partial charge on any atom is -0.497 e. The molecule has 0 saturated carbocycles. The second-order valence-electron chi connectivity index (χ2n) is 6.05. The molecule has 0 fully saturated rings. The van der Waals surface area contributed by atoms with Gasteiger partial charge in [0.2, 0.25) is 5.91 Å². The molecule has 3 N–H and O–H groups in total. The summed E-state index contributed by atoms with van der Waals surface area (Å²) >= 11 is 5.27. The molecule has 28 heavy (non-hydrogen) atoms. The lowest BCUT2D eigenvalue weighted by Crippen LogP contribution is -2.45. The fraction of sp³-hybridized carbons (Fsp3) is 0.0909. The van der Waals surface area contributed by atoms with Crippen molar-refractivity contribution in [2.75, 3.05) is 12.4 Å². The molecule has 0 bridgehead atoms. The molecule has 6 heteroatoms. The fourth-order valence-electron chi connectivity index (χ4n) is 2.81. The zero-order chi connectivity index (χ0) is 19.8.